The van der Waals surface area contributed by atoms with Crippen molar-refractivity contribution in [2.75, 3.05) is 31.1 Å². The summed E-state index contributed by atoms with van der Waals surface area (Å²) in [4.78, 5) is 16.5. The lowest BCUT2D eigenvalue weighted by atomic mass is 10.2. The number of anilines is 1. The minimum Gasteiger partial charge on any atom is -0.368 e. The number of amides is 1. The van der Waals surface area contributed by atoms with E-state index >= 15 is 0 Å². The Morgan fingerprint density at radius 1 is 0.958 bits per heavy atom. The highest BCUT2D eigenvalue weighted by Crippen LogP contribution is 2.19. The maximum absolute atomic E-state index is 12.3. The van der Waals surface area contributed by atoms with Crippen LogP contribution in [-0.4, -0.2) is 37.0 Å². The summed E-state index contributed by atoms with van der Waals surface area (Å²) in [5.41, 5.74) is 2.17. The smallest absolute Gasteiger partial charge is 0.246 e. The van der Waals surface area contributed by atoms with Gasteiger partial charge in [-0.15, -0.1) is 0 Å². The fraction of sp³-hybridized carbons (Fsp3) is 0.211. The van der Waals surface area contributed by atoms with Gasteiger partial charge in [-0.05, 0) is 48.0 Å². The molecule has 1 aliphatic rings. The molecular formula is C19H18BrClN2O. The number of carbonyl (C=O) groups is 1. The van der Waals surface area contributed by atoms with E-state index in [4.69, 9.17) is 11.6 Å². The highest BCUT2D eigenvalue weighted by Gasteiger charge is 2.19. The van der Waals surface area contributed by atoms with Crippen molar-refractivity contribution in [2.24, 2.45) is 0 Å². The van der Waals surface area contributed by atoms with Crippen LogP contribution in [0.15, 0.2) is 59.1 Å². The average molecular weight is 406 g/mol. The molecule has 0 aromatic heterocycles. The number of hydrogen-bond donors (Lipinski definition) is 0. The van der Waals surface area contributed by atoms with Crippen molar-refractivity contribution in [1.29, 1.82) is 0 Å². The van der Waals surface area contributed by atoms with Crippen molar-refractivity contribution in [2.45, 2.75) is 0 Å². The fourth-order valence-corrected chi connectivity index (χ4v) is 3.07. The molecule has 0 atom stereocenters. The van der Waals surface area contributed by atoms with Crippen LogP contribution < -0.4 is 4.90 Å². The van der Waals surface area contributed by atoms with Gasteiger partial charge in [-0.3, -0.25) is 4.79 Å². The van der Waals surface area contributed by atoms with Gasteiger partial charge >= 0.3 is 0 Å². The van der Waals surface area contributed by atoms with E-state index in [2.05, 4.69) is 20.8 Å². The highest BCUT2D eigenvalue weighted by molar-refractivity contribution is 9.10. The van der Waals surface area contributed by atoms with Crippen LogP contribution >= 0.6 is 27.5 Å². The van der Waals surface area contributed by atoms with Crippen LogP contribution in [0.1, 0.15) is 5.56 Å². The Labute approximate surface area is 155 Å². The molecule has 1 aliphatic heterocycles. The quantitative estimate of drug-likeness (QED) is 0.704. The molecule has 2 aromatic carbocycles. The van der Waals surface area contributed by atoms with Crippen LogP contribution in [0.3, 0.4) is 0 Å². The zero-order valence-corrected chi connectivity index (χ0v) is 15.5. The predicted molar refractivity (Wildman–Crippen MR) is 103 cm³/mol. The zero-order valence-electron chi connectivity index (χ0n) is 13.2. The van der Waals surface area contributed by atoms with Crippen LogP contribution in [-0.2, 0) is 4.79 Å². The van der Waals surface area contributed by atoms with Gasteiger partial charge in [0.25, 0.3) is 0 Å². The second-order valence-electron chi connectivity index (χ2n) is 5.67. The number of rotatable bonds is 3. The first kappa shape index (κ1) is 17.1. The molecule has 1 amide bonds. The molecule has 0 saturated carbocycles. The highest BCUT2D eigenvalue weighted by atomic mass is 79.9. The maximum Gasteiger partial charge on any atom is 0.246 e. The molecule has 0 unspecified atom stereocenters. The summed E-state index contributed by atoms with van der Waals surface area (Å²) in [6, 6.07) is 15.7. The van der Waals surface area contributed by atoms with Crippen LogP contribution in [0.5, 0.6) is 0 Å². The normalized spacial score (nSPS) is 15.1. The van der Waals surface area contributed by atoms with Gasteiger partial charge < -0.3 is 9.80 Å². The lowest BCUT2D eigenvalue weighted by Gasteiger charge is -2.35. The van der Waals surface area contributed by atoms with Crippen molar-refractivity contribution in [3.05, 3.63) is 69.7 Å². The second-order valence-corrected chi connectivity index (χ2v) is 7.03. The number of halogens is 2. The molecule has 3 rings (SSSR count). The van der Waals surface area contributed by atoms with Crippen LogP contribution in [0.25, 0.3) is 6.08 Å². The summed E-state index contributed by atoms with van der Waals surface area (Å²) < 4.78 is 1.03. The molecule has 3 nitrogen and oxygen atoms in total. The second kappa shape index (κ2) is 7.86. The SMILES string of the molecule is O=C(/C=C\c1ccc(Br)cc1)N1CCN(c2ccc(Cl)cc2)CC1. The van der Waals surface area contributed by atoms with Crippen LogP contribution in [0.4, 0.5) is 5.69 Å². The Bertz CT molecular complexity index is 720. The molecule has 0 spiro atoms. The van der Waals surface area contributed by atoms with Crippen molar-refractivity contribution in [1.82, 2.24) is 4.90 Å². The number of carbonyl (C=O) groups excluding carboxylic acids is 1. The number of piperazine rings is 1. The van der Waals surface area contributed by atoms with E-state index < -0.39 is 0 Å². The number of hydrogen-bond acceptors (Lipinski definition) is 2. The van der Waals surface area contributed by atoms with Gasteiger partial charge in [0.1, 0.15) is 0 Å². The molecule has 24 heavy (non-hydrogen) atoms. The van der Waals surface area contributed by atoms with Gasteiger partial charge in [-0.1, -0.05) is 39.7 Å². The molecule has 5 heteroatoms. The summed E-state index contributed by atoms with van der Waals surface area (Å²) in [7, 11) is 0. The fourth-order valence-electron chi connectivity index (χ4n) is 2.68. The number of benzene rings is 2. The summed E-state index contributed by atoms with van der Waals surface area (Å²) >= 11 is 9.33. The minimum absolute atomic E-state index is 0.0636. The zero-order chi connectivity index (χ0) is 16.9. The van der Waals surface area contributed by atoms with Gasteiger partial charge in [0.05, 0.1) is 0 Å². The van der Waals surface area contributed by atoms with Gasteiger partial charge in [0.15, 0.2) is 0 Å². The first-order valence-corrected chi connectivity index (χ1v) is 9.02. The Kier molecular flexibility index (Phi) is 5.59. The lowest BCUT2D eigenvalue weighted by Crippen LogP contribution is -2.48. The largest absolute Gasteiger partial charge is 0.368 e. The van der Waals surface area contributed by atoms with E-state index in [1.54, 1.807) is 6.08 Å². The van der Waals surface area contributed by atoms with Gasteiger partial charge in [0, 0.05) is 47.4 Å². The summed E-state index contributed by atoms with van der Waals surface area (Å²) in [6.07, 6.45) is 3.52. The minimum atomic E-state index is 0.0636. The van der Waals surface area contributed by atoms with Crippen molar-refractivity contribution < 1.29 is 4.79 Å². The summed E-state index contributed by atoms with van der Waals surface area (Å²) in [6.45, 7) is 3.12. The Morgan fingerprint density at radius 2 is 1.58 bits per heavy atom. The molecule has 0 N–H and O–H groups in total. The van der Waals surface area contributed by atoms with E-state index in [-0.39, 0.29) is 5.91 Å². The molecule has 1 fully saturated rings. The first-order valence-electron chi connectivity index (χ1n) is 7.85. The topological polar surface area (TPSA) is 23.6 Å². The van der Waals surface area contributed by atoms with Gasteiger partial charge in [0.2, 0.25) is 5.91 Å². The monoisotopic (exact) mass is 404 g/mol. The van der Waals surface area contributed by atoms with E-state index in [0.29, 0.717) is 0 Å². The third-order valence-corrected chi connectivity index (χ3v) is 4.85. The van der Waals surface area contributed by atoms with E-state index in [0.717, 1.165) is 46.9 Å². The van der Waals surface area contributed by atoms with E-state index in [1.807, 2.05) is 59.5 Å². The summed E-state index contributed by atoms with van der Waals surface area (Å²) in [5, 5.41) is 0.741. The molecular weight excluding hydrogens is 388 g/mol. The van der Waals surface area contributed by atoms with E-state index in [9.17, 15) is 4.79 Å². The molecule has 2 aromatic rings. The molecule has 0 radical (unpaired) electrons. The third-order valence-electron chi connectivity index (χ3n) is 4.07. The third kappa shape index (κ3) is 4.40. The maximum atomic E-state index is 12.3. The number of nitrogens with zero attached hydrogens (tertiary/aromatic N) is 2. The lowest BCUT2D eigenvalue weighted by molar-refractivity contribution is -0.126. The molecule has 0 bridgehead atoms. The Hall–Kier alpha value is -1.78. The van der Waals surface area contributed by atoms with Crippen LogP contribution in [0, 0.1) is 0 Å². The van der Waals surface area contributed by atoms with Crippen molar-refractivity contribution in [3.8, 4) is 0 Å². The van der Waals surface area contributed by atoms with Crippen molar-refractivity contribution >= 4 is 45.2 Å². The Morgan fingerprint density at radius 3 is 2.21 bits per heavy atom. The molecule has 1 saturated heterocycles. The predicted octanol–water partition coefficient (Wildman–Crippen LogP) is 4.46. The van der Waals surface area contributed by atoms with E-state index in [1.165, 1.54) is 0 Å². The molecule has 1 heterocycles. The molecule has 0 aliphatic carbocycles. The molecule has 124 valence electrons. The Balaban J connectivity index is 1.55. The van der Waals surface area contributed by atoms with Gasteiger partial charge in [-0.25, -0.2) is 0 Å². The summed E-state index contributed by atoms with van der Waals surface area (Å²) in [5.74, 6) is 0.0636. The first-order chi connectivity index (χ1) is 11.6. The van der Waals surface area contributed by atoms with Crippen molar-refractivity contribution in [3.63, 3.8) is 0 Å². The standard InChI is InChI=1S/C19H18BrClN2O/c20-16-4-1-15(2-5-16)3-10-19(24)23-13-11-22(12-14-23)18-8-6-17(21)7-9-18/h1-10H,11-14H2/b10-3-. The average Bonchev–Trinajstić information content (AvgIpc) is 2.62. The van der Waals surface area contributed by atoms with Crippen LogP contribution in [0.2, 0.25) is 5.02 Å². The van der Waals surface area contributed by atoms with Gasteiger partial charge in [-0.2, -0.15) is 0 Å².